The van der Waals surface area contributed by atoms with Gasteiger partial charge in [-0.15, -0.1) is 0 Å². The molecule has 128 valence electrons. The SMILES string of the molecule is COc1ccc(C(C[C@H]2OC(=O)c3ccccc32)=NNC(N)=O)cc1. The Morgan fingerprint density at radius 1 is 1.24 bits per heavy atom. The zero-order chi connectivity index (χ0) is 17.8. The van der Waals surface area contributed by atoms with Gasteiger partial charge in [-0.1, -0.05) is 18.2 Å². The molecule has 25 heavy (non-hydrogen) atoms. The first-order valence-electron chi connectivity index (χ1n) is 7.65. The summed E-state index contributed by atoms with van der Waals surface area (Å²) in [5, 5.41) is 4.07. The van der Waals surface area contributed by atoms with E-state index >= 15 is 0 Å². The van der Waals surface area contributed by atoms with E-state index in [-0.39, 0.29) is 5.97 Å². The van der Waals surface area contributed by atoms with Gasteiger partial charge in [0.15, 0.2) is 0 Å². The van der Waals surface area contributed by atoms with Gasteiger partial charge in [-0.25, -0.2) is 15.0 Å². The first-order chi connectivity index (χ1) is 12.1. The zero-order valence-corrected chi connectivity index (χ0v) is 13.6. The lowest BCUT2D eigenvalue weighted by atomic mass is 9.98. The van der Waals surface area contributed by atoms with Gasteiger partial charge in [-0.2, -0.15) is 5.10 Å². The van der Waals surface area contributed by atoms with Crippen LogP contribution in [0.1, 0.15) is 34.0 Å². The molecule has 1 heterocycles. The fourth-order valence-corrected chi connectivity index (χ4v) is 2.68. The molecule has 0 aromatic heterocycles. The Balaban J connectivity index is 1.89. The summed E-state index contributed by atoms with van der Waals surface area (Å²) < 4.78 is 10.6. The average Bonchev–Trinajstić information content (AvgIpc) is 2.95. The summed E-state index contributed by atoms with van der Waals surface area (Å²) in [4.78, 5) is 23.0. The van der Waals surface area contributed by atoms with Crippen LogP contribution in [0.15, 0.2) is 53.6 Å². The van der Waals surface area contributed by atoms with Crippen LogP contribution in [0, 0.1) is 0 Å². The number of hydrogen-bond acceptors (Lipinski definition) is 5. The summed E-state index contributed by atoms with van der Waals surface area (Å²) in [5.41, 5.74) is 9.99. The molecule has 0 aliphatic carbocycles. The number of carbonyl (C=O) groups is 2. The average molecular weight is 339 g/mol. The Bertz CT molecular complexity index is 830. The Morgan fingerprint density at radius 3 is 2.64 bits per heavy atom. The number of ether oxygens (including phenoxy) is 2. The number of primary amides is 1. The normalized spacial score (nSPS) is 16.1. The summed E-state index contributed by atoms with van der Waals surface area (Å²) in [7, 11) is 1.58. The summed E-state index contributed by atoms with van der Waals surface area (Å²) in [6.07, 6.45) is -0.172. The molecule has 2 amide bonds. The monoisotopic (exact) mass is 339 g/mol. The number of cyclic esters (lactones) is 1. The third-order valence-corrected chi connectivity index (χ3v) is 3.88. The molecule has 2 aromatic rings. The van der Waals surface area contributed by atoms with E-state index in [1.165, 1.54) is 0 Å². The molecule has 0 unspecified atom stereocenters. The quantitative estimate of drug-likeness (QED) is 0.496. The number of nitrogens with two attached hydrogens (primary N) is 1. The lowest BCUT2D eigenvalue weighted by molar-refractivity contribution is 0.0400. The van der Waals surface area contributed by atoms with E-state index in [1.807, 2.05) is 24.3 Å². The van der Waals surface area contributed by atoms with E-state index in [0.29, 0.717) is 23.4 Å². The van der Waals surface area contributed by atoms with Crippen LogP contribution in [0.2, 0.25) is 0 Å². The van der Waals surface area contributed by atoms with Gasteiger partial charge in [0.1, 0.15) is 11.9 Å². The highest BCUT2D eigenvalue weighted by Gasteiger charge is 2.31. The van der Waals surface area contributed by atoms with E-state index in [2.05, 4.69) is 10.5 Å². The van der Waals surface area contributed by atoms with Crippen molar-refractivity contribution in [1.29, 1.82) is 0 Å². The van der Waals surface area contributed by atoms with Crippen LogP contribution in [0.4, 0.5) is 4.79 Å². The second kappa shape index (κ2) is 7.04. The summed E-state index contributed by atoms with van der Waals surface area (Å²) in [6, 6.07) is 13.6. The van der Waals surface area contributed by atoms with Crippen molar-refractivity contribution in [2.75, 3.05) is 7.11 Å². The molecule has 2 aromatic carbocycles. The molecule has 3 N–H and O–H groups in total. The minimum Gasteiger partial charge on any atom is -0.497 e. The summed E-state index contributed by atoms with van der Waals surface area (Å²) >= 11 is 0. The highest BCUT2D eigenvalue weighted by atomic mass is 16.5. The highest BCUT2D eigenvalue weighted by Crippen LogP contribution is 2.34. The van der Waals surface area contributed by atoms with Crippen molar-refractivity contribution in [2.45, 2.75) is 12.5 Å². The third kappa shape index (κ3) is 3.60. The van der Waals surface area contributed by atoms with Gasteiger partial charge < -0.3 is 15.2 Å². The maximum Gasteiger partial charge on any atom is 0.339 e. The van der Waals surface area contributed by atoms with Crippen molar-refractivity contribution in [2.24, 2.45) is 10.8 Å². The van der Waals surface area contributed by atoms with E-state index in [4.69, 9.17) is 15.2 Å². The second-order valence-electron chi connectivity index (χ2n) is 5.45. The molecule has 0 fully saturated rings. The molecule has 1 aliphatic rings. The largest absolute Gasteiger partial charge is 0.497 e. The third-order valence-electron chi connectivity index (χ3n) is 3.88. The zero-order valence-electron chi connectivity index (χ0n) is 13.6. The lowest BCUT2D eigenvalue weighted by Crippen LogP contribution is -2.26. The molecule has 0 spiro atoms. The highest BCUT2D eigenvalue weighted by molar-refractivity contribution is 6.02. The molecule has 0 radical (unpaired) electrons. The van der Waals surface area contributed by atoms with Gasteiger partial charge in [0.25, 0.3) is 0 Å². The van der Waals surface area contributed by atoms with Gasteiger partial charge in [0.05, 0.1) is 18.4 Å². The van der Waals surface area contributed by atoms with Gasteiger partial charge in [0, 0.05) is 12.0 Å². The van der Waals surface area contributed by atoms with Crippen LogP contribution in [0.5, 0.6) is 5.75 Å². The van der Waals surface area contributed by atoms with Crippen molar-refractivity contribution in [1.82, 2.24) is 5.43 Å². The number of hydrogen-bond donors (Lipinski definition) is 2. The summed E-state index contributed by atoms with van der Waals surface area (Å²) in [5.74, 6) is 0.334. The molecule has 7 nitrogen and oxygen atoms in total. The molecule has 0 bridgehead atoms. The minimum atomic E-state index is -0.769. The number of fused-ring (bicyclic) bond motifs is 1. The first-order valence-corrected chi connectivity index (χ1v) is 7.65. The van der Waals surface area contributed by atoms with E-state index < -0.39 is 12.1 Å². The standard InChI is InChI=1S/C18H17N3O4/c1-24-12-8-6-11(7-9-12)15(20-21-18(19)23)10-16-13-4-2-3-5-14(13)17(22)25-16/h2-9,16H,10H2,1H3,(H3,19,21,23)/t16-/m1/s1. The number of benzene rings is 2. The Kier molecular flexibility index (Phi) is 4.65. The molecular weight excluding hydrogens is 322 g/mol. The van der Waals surface area contributed by atoms with Gasteiger partial charge in [-0.05, 0) is 35.9 Å². The maximum atomic E-state index is 12.0. The number of rotatable bonds is 5. The number of esters is 1. The van der Waals surface area contributed by atoms with E-state index in [0.717, 1.165) is 11.1 Å². The van der Waals surface area contributed by atoms with Gasteiger partial charge >= 0.3 is 12.0 Å². The van der Waals surface area contributed by atoms with Crippen molar-refractivity contribution >= 4 is 17.7 Å². The second-order valence-corrected chi connectivity index (χ2v) is 5.45. The minimum absolute atomic E-state index is 0.301. The molecule has 1 aliphatic heterocycles. The van der Waals surface area contributed by atoms with Crippen molar-refractivity contribution in [3.05, 3.63) is 65.2 Å². The molecule has 0 saturated carbocycles. The molecule has 1 atom stereocenters. The number of hydrazone groups is 1. The molecular formula is C18H17N3O4. The Morgan fingerprint density at radius 2 is 1.96 bits per heavy atom. The predicted octanol–water partition coefficient (Wildman–Crippen LogP) is 2.37. The topological polar surface area (TPSA) is 103 Å². The van der Waals surface area contributed by atoms with Crippen LogP contribution < -0.4 is 15.9 Å². The van der Waals surface area contributed by atoms with Crippen molar-refractivity contribution in [3.63, 3.8) is 0 Å². The molecule has 7 heteroatoms. The van der Waals surface area contributed by atoms with Crippen LogP contribution >= 0.6 is 0 Å². The van der Waals surface area contributed by atoms with Crippen LogP contribution in [-0.2, 0) is 4.74 Å². The molecule has 0 saturated heterocycles. The van der Waals surface area contributed by atoms with Crippen molar-refractivity contribution in [3.8, 4) is 5.75 Å². The van der Waals surface area contributed by atoms with E-state index in [9.17, 15) is 9.59 Å². The number of carbonyl (C=O) groups excluding carboxylic acids is 2. The predicted molar refractivity (Wildman–Crippen MR) is 91.5 cm³/mol. The number of amides is 2. The van der Waals surface area contributed by atoms with Gasteiger partial charge in [-0.3, -0.25) is 0 Å². The van der Waals surface area contributed by atoms with Crippen LogP contribution in [0.25, 0.3) is 0 Å². The smallest absolute Gasteiger partial charge is 0.339 e. The number of methoxy groups -OCH3 is 1. The van der Waals surface area contributed by atoms with Gasteiger partial charge in [0.2, 0.25) is 0 Å². The lowest BCUT2D eigenvalue weighted by Gasteiger charge is -2.13. The van der Waals surface area contributed by atoms with Crippen molar-refractivity contribution < 1.29 is 19.1 Å². The number of nitrogens with one attached hydrogen (secondary N) is 1. The maximum absolute atomic E-state index is 12.0. The Labute approximate surface area is 144 Å². The first kappa shape index (κ1) is 16.5. The van der Waals surface area contributed by atoms with E-state index in [1.54, 1.807) is 31.4 Å². The molecule has 3 rings (SSSR count). The van der Waals surface area contributed by atoms with Crippen LogP contribution in [0.3, 0.4) is 0 Å². The fraction of sp³-hybridized carbons (Fsp3) is 0.167. The summed E-state index contributed by atoms with van der Waals surface area (Å²) in [6.45, 7) is 0. The number of nitrogens with zero attached hydrogens (tertiary/aromatic N) is 1. The Hall–Kier alpha value is -3.35. The number of urea groups is 1. The van der Waals surface area contributed by atoms with Crippen LogP contribution in [-0.4, -0.2) is 24.8 Å². The fourth-order valence-electron chi connectivity index (χ4n) is 2.68.